The number of carbonyl (C=O) groups excluding carboxylic acids is 1. The predicted octanol–water partition coefficient (Wildman–Crippen LogP) is 2.63. The molecule has 0 saturated carbocycles. The van der Waals surface area contributed by atoms with Gasteiger partial charge in [-0.25, -0.2) is 0 Å². The van der Waals surface area contributed by atoms with Crippen molar-refractivity contribution >= 4 is 11.6 Å². The van der Waals surface area contributed by atoms with Gasteiger partial charge in [0.25, 0.3) is 0 Å². The van der Waals surface area contributed by atoms with E-state index in [-0.39, 0.29) is 11.8 Å². The van der Waals surface area contributed by atoms with Crippen molar-refractivity contribution in [2.24, 2.45) is 5.92 Å². The molecule has 138 valence electrons. The minimum absolute atomic E-state index is 0.00696. The number of benzene rings is 2. The van der Waals surface area contributed by atoms with E-state index in [2.05, 4.69) is 51.9 Å². The summed E-state index contributed by atoms with van der Waals surface area (Å²) < 4.78 is 0. The molecule has 2 N–H and O–H groups in total. The van der Waals surface area contributed by atoms with Gasteiger partial charge in [-0.2, -0.15) is 0 Å². The third kappa shape index (κ3) is 5.33. The molecule has 26 heavy (non-hydrogen) atoms. The number of hydrogen-bond acceptors (Lipinski definition) is 3. The minimum Gasteiger partial charge on any atom is -0.369 e. The molecule has 1 saturated heterocycles. The fourth-order valence-corrected chi connectivity index (χ4v) is 3.36. The predicted molar refractivity (Wildman–Crippen MR) is 108 cm³/mol. The van der Waals surface area contributed by atoms with Gasteiger partial charge in [0.1, 0.15) is 0 Å². The van der Waals surface area contributed by atoms with Crippen LogP contribution in [-0.4, -0.2) is 38.6 Å². The van der Waals surface area contributed by atoms with Crippen LogP contribution in [0.4, 0.5) is 5.69 Å². The van der Waals surface area contributed by atoms with Gasteiger partial charge in [0.2, 0.25) is 5.91 Å². The van der Waals surface area contributed by atoms with Gasteiger partial charge >= 0.3 is 0 Å². The SMILES string of the molecule is C[C@H](Cc1ccccc1)C(=O)NCCc1ccc(N2CCNCC2)cc1. The Morgan fingerprint density at radius 3 is 2.42 bits per heavy atom. The summed E-state index contributed by atoms with van der Waals surface area (Å²) in [5, 5.41) is 6.45. The van der Waals surface area contributed by atoms with Crippen LogP contribution in [-0.2, 0) is 17.6 Å². The Morgan fingerprint density at radius 1 is 1.04 bits per heavy atom. The first-order valence-electron chi connectivity index (χ1n) is 9.58. The van der Waals surface area contributed by atoms with E-state index in [1.54, 1.807) is 0 Å². The maximum absolute atomic E-state index is 12.3. The van der Waals surface area contributed by atoms with Crippen molar-refractivity contribution in [1.82, 2.24) is 10.6 Å². The summed E-state index contributed by atoms with van der Waals surface area (Å²) in [6.07, 6.45) is 1.65. The zero-order valence-corrected chi connectivity index (χ0v) is 15.6. The Balaban J connectivity index is 1.41. The summed E-state index contributed by atoms with van der Waals surface area (Å²) in [6.45, 7) is 6.91. The van der Waals surface area contributed by atoms with Crippen molar-refractivity contribution in [1.29, 1.82) is 0 Å². The number of hydrogen-bond donors (Lipinski definition) is 2. The maximum Gasteiger partial charge on any atom is 0.223 e. The van der Waals surface area contributed by atoms with E-state index in [4.69, 9.17) is 0 Å². The lowest BCUT2D eigenvalue weighted by molar-refractivity contribution is -0.124. The van der Waals surface area contributed by atoms with Gasteiger partial charge < -0.3 is 15.5 Å². The van der Waals surface area contributed by atoms with Gasteiger partial charge in [0.05, 0.1) is 0 Å². The molecular formula is C22H29N3O. The number of anilines is 1. The van der Waals surface area contributed by atoms with Crippen molar-refractivity contribution in [3.63, 3.8) is 0 Å². The maximum atomic E-state index is 12.3. The number of carbonyl (C=O) groups is 1. The Hall–Kier alpha value is -2.33. The number of nitrogens with one attached hydrogen (secondary N) is 2. The molecule has 4 heteroatoms. The molecule has 1 aliphatic heterocycles. The summed E-state index contributed by atoms with van der Waals surface area (Å²) in [4.78, 5) is 14.7. The van der Waals surface area contributed by atoms with Crippen LogP contribution in [0.3, 0.4) is 0 Å². The van der Waals surface area contributed by atoms with E-state index in [9.17, 15) is 4.79 Å². The smallest absolute Gasteiger partial charge is 0.223 e. The van der Waals surface area contributed by atoms with Crippen LogP contribution in [0.15, 0.2) is 54.6 Å². The second kappa shape index (κ2) is 9.39. The standard InChI is InChI=1S/C22H29N3O/c1-18(17-20-5-3-2-4-6-20)22(26)24-12-11-19-7-9-21(10-8-19)25-15-13-23-14-16-25/h2-10,18,23H,11-17H2,1H3,(H,24,26)/t18-/m1/s1. The number of nitrogens with zero attached hydrogens (tertiary/aromatic N) is 1. The highest BCUT2D eigenvalue weighted by Gasteiger charge is 2.13. The molecule has 0 aliphatic carbocycles. The van der Waals surface area contributed by atoms with E-state index >= 15 is 0 Å². The fourth-order valence-electron chi connectivity index (χ4n) is 3.36. The first-order valence-corrected chi connectivity index (χ1v) is 9.58. The first-order chi connectivity index (χ1) is 12.7. The van der Waals surface area contributed by atoms with Crippen molar-refractivity contribution in [2.75, 3.05) is 37.6 Å². The molecule has 0 aromatic heterocycles. The summed E-state index contributed by atoms with van der Waals surface area (Å²) in [5.41, 5.74) is 3.76. The average Bonchev–Trinajstić information content (AvgIpc) is 2.70. The third-order valence-corrected chi connectivity index (χ3v) is 4.96. The lowest BCUT2D eigenvalue weighted by Gasteiger charge is -2.29. The van der Waals surface area contributed by atoms with E-state index < -0.39 is 0 Å². The normalized spacial score (nSPS) is 15.5. The molecule has 1 atom stereocenters. The van der Waals surface area contributed by atoms with Gasteiger partial charge in [-0.05, 0) is 36.1 Å². The van der Waals surface area contributed by atoms with Crippen LogP contribution in [0.5, 0.6) is 0 Å². The highest BCUT2D eigenvalue weighted by atomic mass is 16.1. The van der Waals surface area contributed by atoms with Gasteiger partial charge in [0, 0.05) is 44.3 Å². The van der Waals surface area contributed by atoms with Gasteiger partial charge in [-0.15, -0.1) is 0 Å². The van der Waals surface area contributed by atoms with Gasteiger partial charge in [0.15, 0.2) is 0 Å². The zero-order chi connectivity index (χ0) is 18.2. The zero-order valence-electron chi connectivity index (χ0n) is 15.6. The van der Waals surface area contributed by atoms with E-state index in [1.807, 2.05) is 25.1 Å². The molecule has 4 nitrogen and oxygen atoms in total. The quantitative estimate of drug-likeness (QED) is 0.806. The molecular weight excluding hydrogens is 322 g/mol. The highest BCUT2D eigenvalue weighted by Crippen LogP contribution is 2.16. The van der Waals surface area contributed by atoms with Crippen LogP contribution in [0.1, 0.15) is 18.1 Å². The summed E-state index contributed by atoms with van der Waals surface area (Å²) in [6, 6.07) is 18.9. The second-order valence-corrected chi connectivity index (χ2v) is 7.04. The molecule has 2 aromatic rings. The minimum atomic E-state index is -0.00696. The third-order valence-electron chi connectivity index (χ3n) is 4.96. The lowest BCUT2D eigenvalue weighted by Crippen LogP contribution is -2.43. The van der Waals surface area contributed by atoms with Crippen LogP contribution in [0.2, 0.25) is 0 Å². The Morgan fingerprint density at radius 2 is 1.73 bits per heavy atom. The monoisotopic (exact) mass is 351 g/mol. The molecule has 1 amide bonds. The molecule has 3 rings (SSSR count). The molecule has 0 unspecified atom stereocenters. The highest BCUT2D eigenvalue weighted by molar-refractivity contribution is 5.78. The molecule has 1 aliphatic rings. The van der Waals surface area contributed by atoms with Crippen molar-refractivity contribution in [3.05, 3.63) is 65.7 Å². The number of amides is 1. The Labute approximate surface area is 156 Å². The summed E-state index contributed by atoms with van der Waals surface area (Å²) in [7, 11) is 0. The fraction of sp³-hybridized carbons (Fsp3) is 0.409. The molecule has 0 radical (unpaired) electrons. The lowest BCUT2D eigenvalue weighted by atomic mass is 10.0. The summed E-state index contributed by atoms with van der Waals surface area (Å²) in [5.74, 6) is 0.124. The van der Waals surface area contributed by atoms with E-state index in [0.29, 0.717) is 6.54 Å². The van der Waals surface area contributed by atoms with Crippen LogP contribution in [0.25, 0.3) is 0 Å². The molecule has 0 spiro atoms. The number of rotatable bonds is 7. The van der Waals surface area contributed by atoms with Crippen LogP contribution >= 0.6 is 0 Å². The molecule has 0 bridgehead atoms. The van der Waals surface area contributed by atoms with Gasteiger partial charge in [-0.3, -0.25) is 4.79 Å². The molecule has 2 aromatic carbocycles. The van der Waals surface area contributed by atoms with Gasteiger partial charge in [-0.1, -0.05) is 49.4 Å². The van der Waals surface area contributed by atoms with Crippen molar-refractivity contribution in [2.45, 2.75) is 19.8 Å². The van der Waals surface area contributed by atoms with E-state index in [0.717, 1.165) is 39.0 Å². The Kier molecular flexibility index (Phi) is 6.67. The van der Waals surface area contributed by atoms with Crippen LogP contribution in [0, 0.1) is 5.92 Å². The average molecular weight is 351 g/mol. The van der Waals surface area contributed by atoms with E-state index in [1.165, 1.54) is 16.8 Å². The topological polar surface area (TPSA) is 44.4 Å². The largest absolute Gasteiger partial charge is 0.369 e. The summed E-state index contributed by atoms with van der Waals surface area (Å²) >= 11 is 0. The Bertz CT molecular complexity index is 678. The molecule has 1 fully saturated rings. The van der Waals surface area contributed by atoms with Crippen LogP contribution < -0.4 is 15.5 Å². The first kappa shape index (κ1) is 18.5. The molecule has 1 heterocycles. The number of piperazine rings is 1. The van der Waals surface area contributed by atoms with Crippen molar-refractivity contribution < 1.29 is 4.79 Å². The second-order valence-electron chi connectivity index (χ2n) is 7.04. The van der Waals surface area contributed by atoms with Crippen molar-refractivity contribution in [3.8, 4) is 0 Å².